The van der Waals surface area contributed by atoms with E-state index in [1.54, 1.807) is 43.6 Å². The SMILES string of the molecule is CC(=O)c1c(OCCn2ccc(=N)cc2)c(OCCC(C)c2ccc(F)cc2)c2oc(C)nc2c1C. The summed E-state index contributed by atoms with van der Waals surface area (Å²) in [7, 11) is 0. The number of halogens is 1. The Hall–Kier alpha value is -3.94. The molecular weight excluding hydrogens is 461 g/mol. The number of nitrogens with one attached hydrogen (secondary N) is 1. The van der Waals surface area contributed by atoms with Gasteiger partial charge in [0.05, 0.1) is 24.1 Å². The van der Waals surface area contributed by atoms with Crippen LogP contribution in [0.2, 0.25) is 0 Å². The molecule has 0 aliphatic rings. The number of hydrogen-bond acceptors (Lipinski definition) is 6. The molecule has 0 fully saturated rings. The van der Waals surface area contributed by atoms with Gasteiger partial charge in [0.2, 0.25) is 11.3 Å². The van der Waals surface area contributed by atoms with E-state index in [4.69, 9.17) is 19.3 Å². The second-order valence-electron chi connectivity index (χ2n) is 8.89. The molecule has 4 aromatic rings. The van der Waals surface area contributed by atoms with E-state index in [-0.39, 0.29) is 24.1 Å². The minimum atomic E-state index is -0.266. The van der Waals surface area contributed by atoms with Gasteiger partial charge in [0.25, 0.3) is 0 Å². The molecule has 0 aliphatic carbocycles. The Kier molecular flexibility index (Phi) is 7.52. The molecule has 0 saturated carbocycles. The van der Waals surface area contributed by atoms with E-state index in [0.717, 1.165) is 5.56 Å². The first-order chi connectivity index (χ1) is 17.2. The van der Waals surface area contributed by atoms with E-state index >= 15 is 0 Å². The molecule has 0 amide bonds. The minimum absolute atomic E-state index is 0.135. The molecule has 2 aromatic heterocycles. The van der Waals surface area contributed by atoms with Crippen LogP contribution >= 0.6 is 0 Å². The van der Waals surface area contributed by atoms with Gasteiger partial charge in [-0.2, -0.15) is 0 Å². The van der Waals surface area contributed by atoms with Crippen LogP contribution in [-0.2, 0) is 6.54 Å². The maximum Gasteiger partial charge on any atom is 0.207 e. The number of carbonyl (C=O) groups excluding carboxylic acids is 1. The van der Waals surface area contributed by atoms with Gasteiger partial charge in [-0.1, -0.05) is 19.1 Å². The molecule has 0 saturated heterocycles. The van der Waals surface area contributed by atoms with E-state index in [0.29, 0.717) is 64.5 Å². The smallest absolute Gasteiger partial charge is 0.207 e. The highest BCUT2D eigenvalue weighted by molar-refractivity contribution is 6.05. The lowest BCUT2D eigenvalue weighted by Gasteiger charge is -2.19. The number of oxazole rings is 1. The zero-order valence-corrected chi connectivity index (χ0v) is 20.9. The number of rotatable bonds is 10. The van der Waals surface area contributed by atoms with E-state index in [1.807, 2.05) is 11.5 Å². The van der Waals surface area contributed by atoms with Crippen LogP contribution < -0.4 is 14.8 Å². The van der Waals surface area contributed by atoms with Crippen LogP contribution in [0.5, 0.6) is 11.5 Å². The Balaban J connectivity index is 1.62. The van der Waals surface area contributed by atoms with Gasteiger partial charge in [-0.3, -0.25) is 4.79 Å². The average Bonchev–Trinajstić information content (AvgIpc) is 3.24. The second kappa shape index (κ2) is 10.8. The number of benzene rings is 2. The van der Waals surface area contributed by atoms with Crippen molar-refractivity contribution in [2.45, 2.75) is 46.6 Å². The number of nitrogens with zero attached hydrogens (tertiary/aromatic N) is 2. The van der Waals surface area contributed by atoms with Crippen LogP contribution in [0, 0.1) is 25.1 Å². The van der Waals surface area contributed by atoms with Crippen molar-refractivity contribution in [3.63, 3.8) is 0 Å². The summed E-state index contributed by atoms with van der Waals surface area (Å²) < 4.78 is 33.5. The number of fused-ring (bicyclic) bond motifs is 1. The molecule has 7 nitrogen and oxygen atoms in total. The van der Waals surface area contributed by atoms with Gasteiger partial charge in [-0.15, -0.1) is 0 Å². The molecule has 1 atom stereocenters. The first-order valence-corrected chi connectivity index (χ1v) is 11.9. The van der Waals surface area contributed by atoms with Crippen LogP contribution in [0.1, 0.15) is 53.6 Å². The number of pyridine rings is 1. The zero-order valence-electron chi connectivity index (χ0n) is 20.9. The lowest BCUT2D eigenvalue weighted by molar-refractivity contribution is 0.101. The fourth-order valence-electron chi connectivity index (χ4n) is 4.19. The first-order valence-electron chi connectivity index (χ1n) is 11.9. The quantitative estimate of drug-likeness (QED) is 0.287. The number of carbonyl (C=O) groups is 1. The Labute approximate surface area is 209 Å². The normalized spacial score (nSPS) is 12.0. The van der Waals surface area contributed by atoms with Crippen molar-refractivity contribution in [2.75, 3.05) is 13.2 Å². The monoisotopic (exact) mass is 491 g/mol. The molecule has 8 heteroatoms. The fourth-order valence-corrected chi connectivity index (χ4v) is 4.19. The highest BCUT2D eigenvalue weighted by Gasteiger charge is 2.26. The summed E-state index contributed by atoms with van der Waals surface area (Å²) in [6, 6.07) is 9.85. The maximum atomic E-state index is 13.3. The lowest BCUT2D eigenvalue weighted by atomic mass is 9.98. The van der Waals surface area contributed by atoms with Gasteiger partial charge < -0.3 is 23.9 Å². The van der Waals surface area contributed by atoms with E-state index in [2.05, 4.69) is 11.9 Å². The molecule has 188 valence electrons. The number of aryl methyl sites for hydroxylation is 2. The highest BCUT2D eigenvalue weighted by Crippen LogP contribution is 2.42. The predicted octanol–water partition coefficient (Wildman–Crippen LogP) is 5.72. The van der Waals surface area contributed by atoms with Gasteiger partial charge in [0, 0.05) is 19.3 Å². The largest absolute Gasteiger partial charge is 0.487 e. The zero-order chi connectivity index (χ0) is 25.8. The maximum absolute atomic E-state index is 13.3. The van der Waals surface area contributed by atoms with Crippen molar-refractivity contribution in [2.24, 2.45) is 0 Å². The van der Waals surface area contributed by atoms with Gasteiger partial charge in [-0.05, 0) is 61.6 Å². The summed E-state index contributed by atoms with van der Waals surface area (Å²) in [6.07, 6.45) is 4.28. The van der Waals surface area contributed by atoms with Crippen molar-refractivity contribution in [3.8, 4) is 11.5 Å². The molecule has 2 aromatic carbocycles. The Bertz CT molecular complexity index is 1420. The van der Waals surface area contributed by atoms with E-state index < -0.39 is 0 Å². The van der Waals surface area contributed by atoms with Gasteiger partial charge in [0.15, 0.2) is 17.4 Å². The fraction of sp³-hybridized carbons (Fsp3) is 0.321. The number of aromatic nitrogens is 2. The summed E-state index contributed by atoms with van der Waals surface area (Å²) in [5, 5.41) is 8.07. The number of hydrogen-bond donors (Lipinski definition) is 1. The van der Waals surface area contributed by atoms with Crippen molar-refractivity contribution < 1.29 is 23.1 Å². The van der Waals surface area contributed by atoms with Crippen LogP contribution in [0.4, 0.5) is 4.39 Å². The lowest BCUT2D eigenvalue weighted by Crippen LogP contribution is -2.14. The highest BCUT2D eigenvalue weighted by atomic mass is 19.1. The topological polar surface area (TPSA) is 90.3 Å². The van der Waals surface area contributed by atoms with Crippen LogP contribution in [-0.4, -0.2) is 28.5 Å². The molecule has 0 radical (unpaired) electrons. The Morgan fingerprint density at radius 2 is 1.75 bits per heavy atom. The molecule has 1 unspecified atom stereocenters. The van der Waals surface area contributed by atoms with Crippen molar-refractivity contribution in [1.82, 2.24) is 9.55 Å². The summed E-state index contributed by atoms with van der Waals surface area (Å²) in [5.41, 5.74) is 3.14. The third kappa shape index (κ3) is 5.48. The van der Waals surface area contributed by atoms with Crippen LogP contribution in [0.25, 0.3) is 11.1 Å². The second-order valence-corrected chi connectivity index (χ2v) is 8.89. The van der Waals surface area contributed by atoms with Crippen LogP contribution in [0.15, 0.2) is 53.2 Å². The van der Waals surface area contributed by atoms with Crippen molar-refractivity contribution in [1.29, 1.82) is 5.41 Å². The van der Waals surface area contributed by atoms with Gasteiger partial charge in [-0.25, -0.2) is 9.37 Å². The van der Waals surface area contributed by atoms with Crippen LogP contribution in [0.3, 0.4) is 0 Å². The van der Waals surface area contributed by atoms with Crippen molar-refractivity contribution >= 4 is 16.9 Å². The third-order valence-electron chi connectivity index (χ3n) is 6.18. The van der Waals surface area contributed by atoms with E-state index in [1.165, 1.54) is 19.1 Å². The van der Waals surface area contributed by atoms with Gasteiger partial charge in [0.1, 0.15) is 17.9 Å². The molecule has 4 rings (SSSR count). The standard InChI is InChI=1S/C28H30FN3O4/c1-17(21-5-7-22(29)8-6-21)11-15-34-28-26(35-16-14-32-12-9-23(30)10-13-32)24(19(3)33)18(2)25-27(28)36-20(4)31-25/h5-10,12-13,17,30H,11,14-16H2,1-4H3. The first kappa shape index (κ1) is 25.2. The minimum Gasteiger partial charge on any atom is -0.487 e. The summed E-state index contributed by atoms with van der Waals surface area (Å²) in [6.45, 7) is 8.27. The summed E-state index contributed by atoms with van der Waals surface area (Å²) >= 11 is 0. The third-order valence-corrected chi connectivity index (χ3v) is 6.18. The van der Waals surface area contributed by atoms with Crippen molar-refractivity contribution in [3.05, 3.63) is 82.5 Å². The average molecular weight is 492 g/mol. The Morgan fingerprint density at radius 1 is 1.08 bits per heavy atom. The molecule has 1 N–H and O–H groups in total. The molecular formula is C28H30FN3O4. The predicted molar refractivity (Wildman–Crippen MR) is 134 cm³/mol. The molecule has 36 heavy (non-hydrogen) atoms. The Morgan fingerprint density at radius 3 is 2.42 bits per heavy atom. The summed E-state index contributed by atoms with van der Waals surface area (Å²) in [4.78, 5) is 17.2. The molecule has 0 bridgehead atoms. The van der Waals surface area contributed by atoms with Gasteiger partial charge >= 0.3 is 0 Å². The number of ketones is 1. The summed E-state index contributed by atoms with van der Waals surface area (Å²) in [5.74, 6) is 0.888. The molecule has 0 aliphatic heterocycles. The molecule has 0 spiro atoms. The van der Waals surface area contributed by atoms with E-state index in [9.17, 15) is 9.18 Å². The number of ether oxygens (including phenoxy) is 2. The number of Topliss-reactive ketones (excluding diaryl/α,β-unsaturated/α-hetero) is 1. The molecule has 2 heterocycles.